The van der Waals surface area contributed by atoms with Gasteiger partial charge < -0.3 is 20.4 Å². The Balaban J connectivity index is 1.32. The lowest BCUT2D eigenvalue weighted by atomic mass is 10.3. The SMILES string of the molecule is CN=C(NCCCN1CCCN(C)CC1)NCC1(Sc2ccccc2)CC1. The van der Waals surface area contributed by atoms with E-state index in [1.807, 2.05) is 18.8 Å². The molecule has 6 heteroatoms. The van der Waals surface area contributed by atoms with Crippen molar-refractivity contribution in [1.29, 1.82) is 0 Å². The van der Waals surface area contributed by atoms with E-state index >= 15 is 0 Å². The molecule has 0 bridgehead atoms. The molecule has 0 radical (unpaired) electrons. The quantitative estimate of drug-likeness (QED) is 0.406. The van der Waals surface area contributed by atoms with E-state index in [0.29, 0.717) is 4.75 Å². The van der Waals surface area contributed by atoms with Crippen molar-refractivity contribution in [3.05, 3.63) is 30.3 Å². The molecule has 1 heterocycles. The van der Waals surface area contributed by atoms with E-state index in [1.54, 1.807) is 0 Å². The van der Waals surface area contributed by atoms with Gasteiger partial charge >= 0.3 is 0 Å². The summed E-state index contributed by atoms with van der Waals surface area (Å²) in [4.78, 5) is 10.8. The highest BCUT2D eigenvalue weighted by molar-refractivity contribution is 8.01. The number of likely N-dealkylation sites (N-methyl/N-ethyl adjacent to an activating group) is 1. The molecule has 1 saturated carbocycles. The molecule has 2 N–H and O–H groups in total. The molecule has 1 aliphatic carbocycles. The number of aliphatic imine (C=N–C) groups is 1. The summed E-state index contributed by atoms with van der Waals surface area (Å²) in [6, 6.07) is 10.7. The number of rotatable bonds is 8. The average molecular weight is 390 g/mol. The molecular formula is C21H35N5S. The van der Waals surface area contributed by atoms with Crippen molar-refractivity contribution in [3.8, 4) is 0 Å². The van der Waals surface area contributed by atoms with Gasteiger partial charge in [0.25, 0.3) is 0 Å². The molecule has 2 fully saturated rings. The lowest BCUT2D eigenvalue weighted by Gasteiger charge is -2.21. The molecule has 5 nitrogen and oxygen atoms in total. The van der Waals surface area contributed by atoms with Crippen LogP contribution in [0.3, 0.4) is 0 Å². The smallest absolute Gasteiger partial charge is 0.191 e. The highest BCUT2D eigenvalue weighted by Gasteiger charge is 2.43. The van der Waals surface area contributed by atoms with Gasteiger partial charge in [-0.3, -0.25) is 4.99 Å². The molecule has 1 saturated heterocycles. The van der Waals surface area contributed by atoms with Crippen LogP contribution < -0.4 is 10.6 Å². The second kappa shape index (κ2) is 10.3. The lowest BCUT2D eigenvalue weighted by molar-refractivity contribution is 0.274. The van der Waals surface area contributed by atoms with Gasteiger partial charge in [-0.1, -0.05) is 18.2 Å². The molecular weight excluding hydrogens is 354 g/mol. The van der Waals surface area contributed by atoms with Crippen LogP contribution in [-0.2, 0) is 0 Å². The summed E-state index contributed by atoms with van der Waals surface area (Å²) in [5, 5.41) is 7.03. The van der Waals surface area contributed by atoms with E-state index in [1.165, 1.54) is 56.9 Å². The van der Waals surface area contributed by atoms with E-state index in [0.717, 1.165) is 25.5 Å². The Hall–Kier alpha value is -1.24. The van der Waals surface area contributed by atoms with E-state index < -0.39 is 0 Å². The third-order valence-electron chi connectivity index (χ3n) is 5.44. The number of thioether (sulfide) groups is 1. The van der Waals surface area contributed by atoms with Crippen LogP contribution in [0.5, 0.6) is 0 Å². The molecule has 0 spiro atoms. The molecule has 1 aromatic carbocycles. The van der Waals surface area contributed by atoms with Crippen molar-refractivity contribution in [2.75, 3.05) is 59.9 Å². The normalized spacial score (nSPS) is 20.9. The summed E-state index contributed by atoms with van der Waals surface area (Å²) in [6.45, 7) is 7.98. The van der Waals surface area contributed by atoms with Crippen LogP contribution in [0, 0.1) is 0 Å². The summed E-state index contributed by atoms with van der Waals surface area (Å²) < 4.78 is 0.344. The standard InChI is InChI=1S/C21H35N5S/c1-22-20(23-12-6-14-26-15-7-13-25(2)16-17-26)24-18-21(10-11-21)27-19-8-4-3-5-9-19/h3-5,8-9H,6-7,10-18H2,1-2H3,(H2,22,23,24). The number of hydrogen-bond donors (Lipinski definition) is 2. The minimum absolute atomic E-state index is 0.344. The number of benzene rings is 1. The maximum absolute atomic E-state index is 4.40. The minimum atomic E-state index is 0.344. The van der Waals surface area contributed by atoms with Gasteiger partial charge in [0.2, 0.25) is 0 Å². The summed E-state index contributed by atoms with van der Waals surface area (Å²) in [7, 11) is 4.09. The first kappa shape index (κ1) is 20.5. The van der Waals surface area contributed by atoms with Crippen LogP contribution in [0.2, 0.25) is 0 Å². The van der Waals surface area contributed by atoms with E-state index in [-0.39, 0.29) is 0 Å². The number of nitrogens with zero attached hydrogens (tertiary/aromatic N) is 3. The molecule has 27 heavy (non-hydrogen) atoms. The molecule has 0 atom stereocenters. The van der Waals surface area contributed by atoms with Gasteiger partial charge in [0.05, 0.1) is 0 Å². The van der Waals surface area contributed by atoms with Crippen LogP contribution in [0.1, 0.15) is 25.7 Å². The summed E-state index contributed by atoms with van der Waals surface area (Å²) in [6.07, 6.45) is 5.00. The molecule has 0 unspecified atom stereocenters. The van der Waals surface area contributed by atoms with Gasteiger partial charge in [-0.15, -0.1) is 11.8 Å². The third-order valence-corrected chi connectivity index (χ3v) is 6.94. The topological polar surface area (TPSA) is 42.9 Å². The molecule has 2 aliphatic rings. The predicted octanol–water partition coefficient (Wildman–Crippen LogP) is 2.50. The molecule has 0 amide bonds. The van der Waals surface area contributed by atoms with E-state index in [4.69, 9.17) is 0 Å². The number of guanidine groups is 1. The summed E-state index contributed by atoms with van der Waals surface area (Å²) in [5.41, 5.74) is 0. The maximum atomic E-state index is 4.40. The first-order valence-electron chi connectivity index (χ1n) is 10.3. The van der Waals surface area contributed by atoms with Crippen LogP contribution in [0.15, 0.2) is 40.2 Å². The first-order valence-corrected chi connectivity index (χ1v) is 11.1. The van der Waals surface area contributed by atoms with Crippen molar-refractivity contribution in [2.45, 2.75) is 35.3 Å². The lowest BCUT2D eigenvalue weighted by Crippen LogP contribution is -2.42. The molecule has 0 aromatic heterocycles. The van der Waals surface area contributed by atoms with Gasteiger partial charge in [0, 0.05) is 42.9 Å². The van der Waals surface area contributed by atoms with Gasteiger partial charge in [-0.2, -0.15) is 0 Å². The molecule has 1 aromatic rings. The van der Waals surface area contributed by atoms with Crippen molar-refractivity contribution in [1.82, 2.24) is 20.4 Å². The highest BCUT2D eigenvalue weighted by atomic mass is 32.2. The fourth-order valence-corrected chi connectivity index (χ4v) is 4.74. The molecule has 150 valence electrons. The zero-order valence-corrected chi connectivity index (χ0v) is 17.7. The van der Waals surface area contributed by atoms with Gasteiger partial charge in [-0.05, 0) is 64.5 Å². The van der Waals surface area contributed by atoms with Crippen LogP contribution in [0.4, 0.5) is 0 Å². The van der Waals surface area contributed by atoms with Gasteiger partial charge in [-0.25, -0.2) is 0 Å². The van der Waals surface area contributed by atoms with E-state index in [2.05, 4.69) is 62.8 Å². The monoisotopic (exact) mass is 389 g/mol. The van der Waals surface area contributed by atoms with Crippen molar-refractivity contribution in [2.24, 2.45) is 4.99 Å². The van der Waals surface area contributed by atoms with Crippen LogP contribution >= 0.6 is 11.8 Å². The van der Waals surface area contributed by atoms with E-state index in [9.17, 15) is 0 Å². The number of hydrogen-bond acceptors (Lipinski definition) is 4. The van der Waals surface area contributed by atoms with Gasteiger partial charge in [0.15, 0.2) is 5.96 Å². The third kappa shape index (κ3) is 7.01. The Morgan fingerprint density at radius 3 is 2.67 bits per heavy atom. The molecule has 1 aliphatic heterocycles. The van der Waals surface area contributed by atoms with Crippen LogP contribution in [0.25, 0.3) is 0 Å². The van der Waals surface area contributed by atoms with Crippen molar-refractivity contribution >= 4 is 17.7 Å². The fraction of sp³-hybridized carbons (Fsp3) is 0.667. The largest absolute Gasteiger partial charge is 0.356 e. The van der Waals surface area contributed by atoms with Crippen LogP contribution in [-0.4, -0.2) is 80.4 Å². The minimum Gasteiger partial charge on any atom is -0.356 e. The Labute approximate surface area is 169 Å². The average Bonchev–Trinajstić information content (AvgIpc) is 3.47. The summed E-state index contributed by atoms with van der Waals surface area (Å²) in [5.74, 6) is 0.936. The first-order chi connectivity index (χ1) is 13.2. The second-order valence-electron chi connectivity index (χ2n) is 7.80. The Morgan fingerprint density at radius 2 is 1.93 bits per heavy atom. The zero-order valence-electron chi connectivity index (χ0n) is 16.9. The predicted molar refractivity (Wildman–Crippen MR) is 117 cm³/mol. The Kier molecular flexibility index (Phi) is 7.85. The maximum Gasteiger partial charge on any atom is 0.191 e. The highest BCUT2D eigenvalue weighted by Crippen LogP contribution is 2.51. The zero-order chi connectivity index (χ0) is 19.0. The Morgan fingerprint density at radius 1 is 1.11 bits per heavy atom. The summed E-state index contributed by atoms with van der Waals surface area (Å²) >= 11 is 2.00. The molecule has 3 rings (SSSR count). The fourth-order valence-electron chi connectivity index (χ4n) is 3.49. The van der Waals surface area contributed by atoms with Crippen molar-refractivity contribution in [3.63, 3.8) is 0 Å². The van der Waals surface area contributed by atoms with Crippen molar-refractivity contribution < 1.29 is 0 Å². The van der Waals surface area contributed by atoms with Gasteiger partial charge in [0.1, 0.15) is 0 Å². The Bertz CT molecular complexity index is 587. The number of nitrogens with one attached hydrogen (secondary N) is 2. The second-order valence-corrected chi connectivity index (χ2v) is 9.34.